The monoisotopic (exact) mass is 519 g/mol. The number of H-pyrrole nitrogens is 1. The lowest BCUT2D eigenvalue weighted by Crippen LogP contribution is -2.53. The number of para-hydroxylation sites is 2. The molecular weight excluding hydrogens is 494 g/mol. The zero-order valence-corrected chi connectivity index (χ0v) is 21.0. The van der Waals surface area contributed by atoms with Crippen molar-refractivity contribution in [2.75, 3.05) is 15.5 Å². The number of hydrogen-bond acceptors (Lipinski definition) is 5. The minimum absolute atomic E-state index is 0.218. The summed E-state index contributed by atoms with van der Waals surface area (Å²) in [7, 11) is 0. The van der Waals surface area contributed by atoms with Gasteiger partial charge in [0.25, 0.3) is 0 Å². The molecule has 9 nitrogen and oxygen atoms in total. The van der Waals surface area contributed by atoms with Crippen LogP contribution >= 0.6 is 0 Å². The summed E-state index contributed by atoms with van der Waals surface area (Å²) >= 11 is 0. The minimum atomic E-state index is -1.37. The van der Waals surface area contributed by atoms with Gasteiger partial charge in [0.2, 0.25) is 23.6 Å². The number of carbonyl (C=O) groups excluding carboxylic acids is 4. The maximum Gasteiger partial charge on any atom is 0.250 e. The molecule has 7 rings (SSSR count). The summed E-state index contributed by atoms with van der Waals surface area (Å²) in [5.74, 6) is -2.98. The third-order valence-electron chi connectivity index (χ3n) is 8.18. The van der Waals surface area contributed by atoms with Crippen LogP contribution < -0.4 is 20.9 Å². The van der Waals surface area contributed by atoms with Crippen LogP contribution in [0.5, 0.6) is 0 Å². The van der Waals surface area contributed by atoms with Crippen LogP contribution in [0, 0.1) is 11.8 Å². The van der Waals surface area contributed by atoms with Crippen molar-refractivity contribution in [1.29, 1.82) is 0 Å². The number of imide groups is 1. The molecule has 194 valence electrons. The molecule has 4 amide bonds. The lowest BCUT2D eigenvalue weighted by molar-refractivity contribution is -0.130. The highest BCUT2D eigenvalue weighted by Crippen LogP contribution is 2.54. The predicted octanol–water partition coefficient (Wildman–Crippen LogP) is 3.29. The van der Waals surface area contributed by atoms with Gasteiger partial charge in [-0.25, -0.2) is 4.90 Å². The first-order valence-electron chi connectivity index (χ1n) is 12.9. The molecule has 3 aromatic carbocycles. The lowest BCUT2D eigenvalue weighted by Gasteiger charge is -2.29. The minimum Gasteiger partial charge on any atom is -0.361 e. The van der Waals surface area contributed by atoms with Crippen molar-refractivity contribution in [3.8, 4) is 0 Å². The fourth-order valence-electron chi connectivity index (χ4n) is 6.62. The molecule has 0 radical (unpaired) electrons. The maximum absolute atomic E-state index is 14.1. The molecule has 0 unspecified atom stereocenters. The topological polar surface area (TPSA) is 123 Å². The quantitative estimate of drug-likeness (QED) is 0.308. The molecule has 1 spiro atoms. The molecule has 9 heteroatoms. The molecule has 4 aromatic rings. The smallest absolute Gasteiger partial charge is 0.250 e. The van der Waals surface area contributed by atoms with Gasteiger partial charge in [0.15, 0.2) is 0 Å². The van der Waals surface area contributed by atoms with Crippen LogP contribution in [-0.4, -0.2) is 34.7 Å². The highest BCUT2D eigenvalue weighted by molar-refractivity contribution is 6.26. The normalized spacial score (nSPS) is 25.3. The van der Waals surface area contributed by atoms with E-state index in [1.54, 1.807) is 24.3 Å². The highest BCUT2D eigenvalue weighted by Gasteiger charge is 2.70. The van der Waals surface area contributed by atoms with Gasteiger partial charge >= 0.3 is 0 Å². The van der Waals surface area contributed by atoms with E-state index in [9.17, 15) is 19.2 Å². The molecule has 1 aromatic heterocycles. The SMILES string of the molecule is CC(=O)Nc1ccc(N2C(=O)[C@@H]3[C@H](Cc4c[nH]c5ccccc45)N[C@@]4(C(=O)Nc5ccccc54)[C@@H]3C2=O)cc1. The molecule has 3 aliphatic heterocycles. The molecule has 3 aliphatic rings. The summed E-state index contributed by atoms with van der Waals surface area (Å²) in [6.45, 7) is 1.41. The van der Waals surface area contributed by atoms with E-state index in [4.69, 9.17) is 0 Å². The molecule has 0 aliphatic carbocycles. The van der Waals surface area contributed by atoms with Crippen molar-refractivity contribution in [3.05, 3.63) is 90.1 Å². The van der Waals surface area contributed by atoms with Crippen molar-refractivity contribution >= 4 is 51.6 Å². The summed E-state index contributed by atoms with van der Waals surface area (Å²) in [5.41, 5.74) is 2.90. The van der Waals surface area contributed by atoms with Crippen molar-refractivity contribution < 1.29 is 19.2 Å². The highest BCUT2D eigenvalue weighted by atomic mass is 16.2. The van der Waals surface area contributed by atoms with Crippen molar-refractivity contribution in [3.63, 3.8) is 0 Å². The Bertz CT molecular complexity index is 1690. The van der Waals surface area contributed by atoms with Crippen molar-refractivity contribution in [1.82, 2.24) is 10.3 Å². The number of rotatable bonds is 4. The van der Waals surface area contributed by atoms with Gasteiger partial charge in [0, 0.05) is 47.0 Å². The van der Waals surface area contributed by atoms with Gasteiger partial charge in [-0.15, -0.1) is 0 Å². The van der Waals surface area contributed by atoms with E-state index in [0.717, 1.165) is 16.5 Å². The number of anilines is 3. The average Bonchev–Trinajstić information content (AvgIpc) is 3.63. The number of nitrogens with one attached hydrogen (secondary N) is 4. The van der Waals surface area contributed by atoms with Crippen LogP contribution in [0.25, 0.3) is 10.9 Å². The summed E-state index contributed by atoms with van der Waals surface area (Å²) in [6.07, 6.45) is 2.38. The molecule has 2 fully saturated rings. The molecule has 39 heavy (non-hydrogen) atoms. The lowest BCUT2D eigenvalue weighted by atomic mass is 9.76. The molecule has 4 atom stereocenters. The molecule has 4 heterocycles. The van der Waals surface area contributed by atoms with Crippen LogP contribution in [0.2, 0.25) is 0 Å². The van der Waals surface area contributed by atoms with Crippen molar-refractivity contribution in [2.24, 2.45) is 11.8 Å². The standard InChI is InChI=1S/C30H25N5O4/c1-16(36)32-18-10-12-19(13-11-18)35-27(37)25-24(14-17-15-31-22-8-4-2-6-20(17)22)34-30(26(25)28(35)38)21-7-3-5-9-23(21)33-29(30)39/h2-13,15,24-26,31,34H,14H2,1H3,(H,32,36)(H,33,39)/t24-,25+,26-,30+/m0/s1. The predicted molar refractivity (Wildman–Crippen MR) is 146 cm³/mol. The van der Waals surface area contributed by atoms with E-state index in [2.05, 4.69) is 20.9 Å². The number of nitrogens with zero attached hydrogens (tertiary/aromatic N) is 1. The van der Waals surface area contributed by atoms with Gasteiger partial charge in [0.1, 0.15) is 5.54 Å². The Balaban J connectivity index is 1.33. The first-order valence-corrected chi connectivity index (χ1v) is 12.9. The Labute approximate surface area is 223 Å². The van der Waals surface area contributed by atoms with E-state index < -0.39 is 29.3 Å². The molecule has 4 N–H and O–H groups in total. The van der Waals surface area contributed by atoms with Gasteiger partial charge < -0.3 is 15.6 Å². The van der Waals surface area contributed by atoms with Gasteiger partial charge in [-0.05, 0) is 48.4 Å². The fraction of sp³-hybridized carbons (Fsp3) is 0.200. The Morgan fingerprint density at radius 2 is 1.69 bits per heavy atom. The van der Waals surface area contributed by atoms with Gasteiger partial charge in [0.05, 0.1) is 17.5 Å². The Hall–Kier alpha value is -4.76. The van der Waals surface area contributed by atoms with E-state index in [0.29, 0.717) is 29.0 Å². The van der Waals surface area contributed by atoms with E-state index in [-0.39, 0.29) is 17.7 Å². The van der Waals surface area contributed by atoms with Crippen LogP contribution in [0.4, 0.5) is 17.1 Å². The number of hydrogen-bond donors (Lipinski definition) is 4. The first-order chi connectivity index (χ1) is 18.9. The third kappa shape index (κ3) is 3.29. The molecule has 2 saturated heterocycles. The second kappa shape index (κ2) is 8.37. The van der Waals surface area contributed by atoms with E-state index >= 15 is 0 Å². The molecule has 0 saturated carbocycles. The number of fused-ring (bicyclic) bond motifs is 5. The Morgan fingerprint density at radius 3 is 2.49 bits per heavy atom. The second-order valence-corrected chi connectivity index (χ2v) is 10.4. The fourth-order valence-corrected chi connectivity index (χ4v) is 6.62. The van der Waals surface area contributed by atoms with Crippen LogP contribution in [0.15, 0.2) is 79.0 Å². The molecule has 0 bridgehead atoms. The Kier molecular flexibility index (Phi) is 5.02. The average molecular weight is 520 g/mol. The zero-order chi connectivity index (χ0) is 26.9. The number of benzene rings is 3. The third-order valence-corrected chi connectivity index (χ3v) is 8.18. The number of aromatic amines is 1. The van der Waals surface area contributed by atoms with Gasteiger partial charge in [-0.3, -0.25) is 24.5 Å². The largest absolute Gasteiger partial charge is 0.361 e. The summed E-state index contributed by atoms with van der Waals surface area (Å²) in [4.78, 5) is 57.8. The summed E-state index contributed by atoms with van der Waals surface area (Å²) in [6, 6.07) is 21.4. The van der Waals surface area contributed by atoms with Crippen LogP contribution in [0.3, 0.4) is 0 Å². The van der Waals surface area contributed by atoms with E-state index in [1.807, 2.05) is 54.7 Å². The van der Waals surface area contributed by atoms with E-state index in [1.165, 1.54) is 11.8 Å². The second-order valence-electron chi connectivity index (χ2n) is 10.4. The number of carbonyl (C=O) groups is 4. The van der Waals surface area contributed by atoms with Gasteiger partial charge in [-0.2, -0.15) is 0 Å². The number of aromatic nitrogens is 1. The van der Waals surface area contributed by atoms with Crippen molar-refractivity contribution in [2.45, 2.75) is 24.9 Å². The van der Waals surface area contributed by atoms with Crippen LogP contribution in [0.1, 0.15) is 18.1 Å². The van der Waals surface area contributed by atoms with Crippen LogP contribution in [-0.2, 0) is 31.1 Å². The van der Waals surface area contributed by atoms with Gasteiger partial charge in [-0.1, -0.05) is 36.4 Å². The summed E-state index contributed by atoms with van der Waals surface area (Å²) < 4.78 is 0. The maximum atomic E-state index is 14.1. The summed E-state index contributed by atoms with van der Waals surface area (Å²) in [5, 5.41) is 10.2. The zero-order valence-electron chi connectivity index (χ0n) is 21.0. The first kappa shape index (κ1) is 23.4. The number of amides is 4. The molecular formula is C30H25N5O4. The Morgan fingerprint density at radius 1 is 0.949 bits per heavy atom.